The molecule has 1 aromatic rings. The number of ketones is 1. The maximum absolute atomic E-state index is 11.8. The van der Waals surface area contributed by atoms with Crippen molar-refractivity contribution in [3.63, 3.8) is 0 Å². The lowest BCUT2D eigenvalue weighted by Gasteiger charge is -2.07. The Bertz CT molecular complexity index is 395. The van der Waals surface area contributed by atoms with E-state index in [0.29, 0.717) is 11.1 Å². The Kier molecular flexibility index (Phi) is 4.51. The molecule has 0 aromatic heterocycles. The Morgan fingerprint density at radius 3 is 2.93 bits per heavy atom. The number of hydrogen-bond acceptors (Lipinski definition) is 2. The van der Waals surface area contributed by atoms with E-state index >= 15 is 0 Å². The minimum Gasteiger partial charge on any atom is -0.293 e. The van der Waals surface area contributed by atoms with Crippen LogP contribution in [0.2, 0.25) is 0 Å². The number of carbonyl (C=O) groups is 1. The predicted molar refractivity (Wildman–Crippen MR) is 63.1 cm³/mol. The Morgan fingerprint density at radius 2 is 2.33 bits per heavy atom. The molecule has 0 bridgehead atoms. The normalized spacial score (nSPS) is 11.8. The molecule has 0 aliphatic rings. The van der Waals surface area contributed by atoms with Gasteiger partial charge < -0.3 is 0 Å². The van der Waals surface area contributed by atoms with Crippen molar-refractivity contribution in [1.82, 2.24) is 0 Å². The highest BCUT2D eigenvalue weighted by Crippen LogP contribution is 2.16. The zero-order chi connectivity index (χ0) is 11.3. The Labute approximate surface area is 98.0 Å². The maximum atomic E-state index is 11.8. The highest BCUT2D eigenvalue weighted by molar-refractivity contribution is 9.10. The van der Waals surface area contributed by atoms with Crippen LogP contribution >= 0.6 is 15.9 Å². The number of nitrogens with zero attached hydrogens (tertiary/aromatic N) is 1. The third kappa shape index (κ3) is 3.17. The number of nitriles is 1. The van der Waals surface area contributed by atoms with Crippen LogP contribution in [0.3, 0.4) is 0 Å². The van der Waals surface area contributed by atoms with Crippen LogP contribution in [0.15, 0.2) is 24.3 Å². The fourth-order valence-corrected chi connectivity index (χ4v) is 2.03. The molecule has 1 atom stereocenters. The van der Waals surface area contributed by atoms with E-state index in [-0.39, 0.29) is 10.6 Å². The van der Waals surface area contributed by atoms with Crippen molar-refractivity contribution in [1.29, 1.82) is 5.26 Å². The molecule has 1 unspecified atom stereocenters. The SMILES string of the molecule is CCCC(Br)C(=O)c1cccc(C#N)c1. The molecular formula is C12H12BrNO. The molecule has 0 aliphatic heterocycles. The predicted octanol–water partition coefficient (Wildman–Crippen LogP) is 3.30. The van der Waals surface area contributed by atoms with Gasteiger partial charge in [0.05, 0.1) is 16.5 Å². The van der Waals surface area contributed by atoms with Gasteiger partial charge in [0.2, 0.25) is 0 Å². The Morgan fingerprint density at radius 1 is 1.60 bits per heavy atom. The molecule has 0 aliphatic carbocycles. The number of Topliss-reactive ketones (excluding diaryl/α,β-unsaturated/α-hetero) is 1. The first kappa shape index (κ1) is 11.9. The van der Waals surface area contributed by atoms with Crippen molar-refractivity contribution in [3.05, 3.63) is 35.4 Å². The summed E-state index contributed by atoms with van der Waals surface area (Å²) >= 11 is 3.35. The van der Waals surface area contributed by atoms with Crippen molar-refractivity contribution >= 4 is 21.7 Å². The summed E-state index contributed by atoms with van der Waals surface area (Å²) in [6.07, 6.45) is 1.77. The van der Waals surface area contributed by atoms with Crippen LogP contribution in [0.25, 0.3) is 0 Å². The summed E-state index contributed by atoms with van der Waals surface area (Å²) in [7, 11) is 0. The Balaban J connectivity index is 2.87. The largest absolute Gasteiger partial charge is 0.293 e. The van der Waals surface area contributed by atoms with E-state index in [1.165, 1.54) is 0 Å². The van der Waals surface area contributed by atoms with Gasteiger partial charge in [-0.3, -0.25) is 4.79 Å². The second-order valence-electron chi connectivity index (χ2n) is 3.31. The van der Waals surface area contributed by atoms with E-state index in [2.05, 4.69) is 15.9 Å². The summed E-state index contributed by atoms with van der Waals surface area (Å²) in [5.41, 5.74) is 1.13. The monoisotopic (exact) mass is 265 g/mol. The lowest BCUT2D eigenvalue weighted by molar-refractivity contribution is 0.0988. The minimum atomic E-state index is -0.142. The van der Waals surface area contributed by atoms with Crippen molar-refractivity contribution < 1.29 is 4.79 Å². The summed E-state index contributed by atoms with van der Waals surface area (Å²) in [4.78, 5) is 11.7. The first-order valence-corrected chi connectivity index (χ1v) is 5.79. The summed E-state index contributed by atoms with van der Waals surface area (Å²) in [6.45, 7) is 2.03. The van der Waals surface area contributed by atoms with E-state index in [1.807, 2.05) is 13.0 Å². The van der Waals surface area contributed by atoms with E-state index in [0.717, 1.165) is 12.8 Å². The maximum Gasteiger partial charge on any atom is 0.176 e. The second kappa shape index (κ2) is 5.67. The van der Waals surface area contributed by atoms with Crippen LogP contribution in [0.5, 0.6) is 0 Å². The molecule has 78 valence electrons. The van der Waals surface area contributed by atoms with E-state index in [9.17, 15) is 4.79 Å². The fourth-order valence-electron chi connectivity index (χ4n) is 1.31. The smallest absolute Gasteiger partial charge is 0.176 e. The zero-order valence-corrected chi connectivity index (χ0v) is 10.1. The van der Waals surface area contributed by atoms with Crippen LogP contribution in [0.4, 0.5) is 0 Å². The fraction of sp³-hybridized carbons (Fsp3) is 0.333. The summed E-state index contributed by atoms with van der Waals surface area (Å²) in [6, 6.07) is 8.83. The average molecular weight is 266 g/mol. The molecule has 1 aromatic carbocycles. The van der Waals surface area contributed by atoms with Crippen LogP contribution in [0, 0.1) is 11.3 Å². The molecule has 3 heteroatoms. The van der Waals surface area contributed by atoms with Gasteiger partial charge in [0, 0.05) is 5.56 Å². The summed E-state index contributed by atoms with van der Waals surface area (Å²) < 4.78 is 0. The van der Waals surface area contributed by atoms with Gasteiger partial charge in [0.15, 0.2) is 5.78 Å². The van der Waals surface area contributed by atoms with Crippen LogP contribution < -0.4 is 0 Å². The number of hydrogen-bond donors (Lipinski definition) is 0. The third-order valence-corrected chi connectivity index (χ3v) is 2.98. The minimum absolute atomic E-state index is 0.0500. The second-order valence-corrected chi connectivity index (χ2v) is 4.42. The highest BCUT2D eigenvalue weighted by Gasteiger charge is 2.15. The van der Waals surface area contributed by atoms with E-state index in [4.69, 9.17) is 5.26 Å². The molecule has 0 spiro atoms. The van der Waals surface area contributed by atoms with Gasteiger partial charge in [-0.25, -0.2) is 0 Å². The molecule has 0 saturated carbocycles. The third-order valence-electron chi connectivity index (χ3n) is 2.10. The lowest BCUT2D eigenvalue weighted by Crippen LogP contribution is -2.13. The number of carbonyl (C=O) groups excluding carboxylic acids is 1. The number of alkyl halides is 1. The Hall–Kier alpha value is -1.14. The molecule has 0 fully saturated rings. The van der Waals surface area contributed by atoms with E-state index < -0.39 is 0 Å². The van der Waals surface area contributed by atoms with Crippen LogP contribution in [0.1, 0.15) is 35.7 Å². The quantitative estimate of drug-likeness (QED) is 0.619. The first-order chi connectivity index (χ1) is 7.19. The van der Waals surface area contributed by atoms with Gasteiger partial charge in [-0.15, -0.1) is 0 Å². The van der Waals surface area contributed by atoms with Crippen LogP contribution in [-0.4, -0.2) is 10.6 Å². The van der Waals surface area contributed by atoms with E-state index in [1.54, 1.807) is 24.3 Å². The molecule has 0 amide bonds. The number of rotatable bonds is 4. The van der Waals surface area contributed by atoms with Gasteiger partial charge >= 0.3 is 0 Å². The van der Waals surface area contributed by atoms with Gasteiger partial charge in [-0.1, -0.05) is 41.4 Å². The topological polar surface area (TPSA) is 40.9 Å². The van der Waals surface area contributed by atoms with Crippen molar-refractivity contribution in [2.75, 3.05) is 0 Å². The molecular weight excluding hydrogens is 254 g/mol. The van der Waals surface area contributed by atoms with Crippen molar-refractivity contribution in [2.24, 2.45) is 0 Å². The standard InChI is InChI=1S/C12H12BrNO/c1-2-4-11(13)12(15)10-6-3-5-9(7-10)8-14/h3,5-7,11H,2,4H2,1H3. The van der Waals surface area contributed by atoms with Gasteiger partial charge in [-0.05, 0) is 18.6 Å². The number of halogens is 1. The van der Waals surface area contributed by atoms with Gasteiger partial charge in [-0.2, -0.15) is 5.26 Å². The highest BCUT2D eigenvalue weighted by atomic mass is 79.9. The van der Waals surface area contributed by atoms with Crippen LogP contribution in [-0.2, 0) is 0 Å². The summed E-state index contributed by atoms with van der Waals surface area (Å²) in [5.74, 6) is 0.0500. The van der Waals surface area contributed by atoms with Gasteiger partial charge in [0.25, 0.3) is 0 Å². The molecule has 0 N–H and O–H groups in total. The van der Waals surface area contributed by atoms with Crippen molar-refractivity contribution in [2.45, 2.75) is 24.6 Å². The zero-order valence-electron chi connectivity index (χ0n) is 8.53. The molecule has 1 rings (SSSR count). The number of benzene rings is 1. The molecule has 0 radical (unpaired) electrons. The average Bonchev–Trinajstić information content (AvgIpc) is 2.28. The molecule has 15 heavy (non-hydrogen) atoms. The first-order valence-electron chi connectivity index (χ1n) is 4.87. The van der Waals surface area contributed by atoms with Crippen molar-refractivity contribution in [3.8, 4) is 6.07 Å². The van der Waals surface area contributed by atoms with Gasteiger partial charge in [0.1, 0.15) is 0 Å². The molecule has 0 saturated heterocycles. The molecule has 0 heterocycles. The molecule has 2 nitrogen and oxygen atoms in total. The summed E-state index contributed by atoms with van der Waals surface area (Å²) in [5, 5.41) is 8.71. The lowest BCUT2D eigenvalue weighted by atomic mass is 10.0.